The molecule has 0 radical (unpaired) electrons. The number of hydrogen-bond donors (Lipinski definition) is 2. The van der Waals surface area contributed by atoms with E-state index in [0.717, 1.165) is 4.57 Å². The van der Waals surface area contributed by atoms with Crippen LogP contribution >= 0.6 is 0 Å². The summed E-state index contributed by atoms with van der Waals surface area (Å²) in [5.41, 5.74) is 0.177. The summed E-state index contributed by atoms with van der Waals surface area (Å²) < 4.78 is 39.3. The first-order valence-corrected chi connectivity index (χ1v) is 8.41. The van der Waals surface area contributed by atoms with E-state index in [-0.39, 0.29) is 29.6 Å². The van der Waals surface area contributed by atoms with Gasteiger partial charge in [0.2, 0.25) is 0 Å². The van der Waals surface area contributed by atoms with Crippen molar-refractivity contribution in [2.75, 3.05) is 13.1 Å². The summed E-state index contributed by atoms with van der Waals surface area (Å²) in [5, 5.41) is 0. The predicted molar refractivity (Wildman–Crippen MR) is 90.9 cm³/mol. The number of H-pyrrole nitrogens is 2. The Labute approximate surface area is 151 Å². The van der Waals surface area contributed by atoms with Gasteiger partial charge in [0.25, 0.3) is 11.5 Å². The summed E-state index contributed by atoms with van der Waals surface area (Å²) in [6.45, 7) is 2.55. The summed E-state index contributed by atoms with van der Waals surface area (Å²) in [7, 11) is 0. The van der Waals surface area contributed by atoms with Crippen molar-refractivity contribution in [3.8, 4) is 0 Å². The number of alkyl halides is 3. The summed E-state index contributed by atoms with van der Waals surface area (Å²) in [6, 6.07) is 2.75. The van der Waals surface area contributed by atoms with Crippen molar-refractivity contribution in [2.24, 2.45) is 0 Å². The molecule has 1 aliphatic rings. The smallest absolute Gasteiger partial charge is 0.339 e. The molecule has 0 saturated carbocycles. The van der Waals surface area contributed by atoms with E-state index in [1.54, 1.807) is 0 Å². The third-order valence-corrected chi connectivity index (χ3v) is 4.84. The van der Waals surface area contributed by atoms with Gasteiger partial charge in [-0.25, -0.2) is 4.79 Å². The molecule has 0 aliphatic carbocycles. The highest BCUT2D eigenvalue weighted by molar-refractivity contribution is 5.96. The molecule has 7 nitrogen and oxygen atoms in total. The predicted octanol–water partition coefficient (Wildman–Crippen LogP) is 1.67. The first-order valence-electron chi connectivity index (χ1n) is 8.41. The number of nitrogens with zero attached hydrogens (tertiary/aromatic N) is 2. The second kappa shape index (κ2) is 6.75. The molecule has 0 bridgehead atoms. The Kier molecular flexibility index (Phi) is 4.75. The molecule has 1 atom stereocenters. The molecule has 3 rings (SSSR count). The third-order valence-electron chi connectivity index (χ3n) is 4.84. The lowest BCUT2D eigenvalue weighted by Crippen LogP contribution is -2.30. The normalized spacial score (nSPS) is 17.5. The standard InChI is InChI=1S/C17H19F3N4O3/c1-9-5-12(10(2)24(9)8-17(18,19)20)15(26)23-4-3-11(7-23)13-6-14(25)22-16(27)21-13/h5-6,11H,3-4,7-8H2,1-2H3,(H2,21,22,25,27). The van der Waals surface area contributed by atoms with E-state index in [2.05, 4.69) is 9.97 Å². The average Bonchev–Trinajstić information content (AvgIpc) is 3.13. The molecule has 1 amide bonds. The Bertz CT molecular complexity index is 958. The van der Waals surface area contributed by atoms with E-state index in [0.29, 0.717) is 24.4 Å². The number of rotatable bonds is 3. The van der Waals surface area contributed by atoms with Crippen LogP contribution in [0, 0.1) is 13.8 Å². The molecule has 2 aromatic heterocycles. The molecule has 0 aromatic carbocycles. The van der Waals surface area contributed by atoms with E-state index >= 15 is 0 Å². The Hall–Kier alpha value is -2.78. The summed E-state index contributed by atoms with van der Waals surface area (Å²) in [6.07, 6.45) is -3.83. The van der Waals surface area contributed by atoms with Crippen LogP contribution in [0.5, 0.6) is 0 Å². The molecule has 3 heterocycles. The number of aryl methyl sites for hydroxylation is 1. The minimum Gasteiger partial charge on any atom is -0.339 e. The van der Waals surface area contributed by atoms with Crippen LogP contribution < -0.4 is 11.2 Å². The first-order chi connectivity index (χ1) is 12.5. The van der Waals surface area contributed by atoms with Gasteiger partial charge in [0.05, 0.1) is 5.56 Å². The summed E-state index contributed by atoms with van der Waals surface area (Å²) in [4.78, 5) is 41.9. The second-order valence-corrected chi connectivity index (χ2v) is 6.77. The van der Waals surface area contributed by atoms with Crippen molar-refractivity contribution >= 4 is 5.91 Å². The van der Waals surface area contributed by atoms with Crippen LogP contribution in [-0.4, -0.2) is 44.6 Å². The van der Waals surface area contributed by atoms with Crippen molar-refractivity contribution in [3.63, 3.8) is 0 Å². The molecular formula is C17H19F3N4O3. The van der Waals surface area contributed by atoms with Crippen molar-refractivity contribution in [3.05, 3.63) is 55.6 Å². The highest BCUT2D eigenvalue weighted by atomic mass is 19.4. The number of carbonyl (C=O) groups excluding carboxylic acids is 1. The number of likely N-dealkylation sites (tertiary alicyclic amines) is 1. The zero-order valence-electron chi connectivity index (χ0n) is 14.8. The fraction of sp³-hybridized carbons (Fsp3) is 0.471. The largest absolute Gasteiger partial charge is 0.406 e. The van der Waals surface area contributed by atoms with Gasteiger partial charge in [-0.05, 0) is 26.3 Å². The molecular weight excluding hydrogens is 365 g/mol. The third kappa shape index (κ3) is 3.99. The van der Waals surface area contributed by atoms with Crippen molar-refractivity contribution in [1.82, 2.24) is 19.4 Å². The zero-order valence-corrected chi connectivity index (χ0v) is 14.8. The monoisotopic (exact) mass is 384 g/mol. The quantitative estimate of drug-likeness (QED) is 0.844. The van der Waals surface area contributed by atoms with Crippen LogP contribution in [-0.2, 0) is 6.54 Å². The number of nitrogens with one attached hydrogen (secondary N) is 2. The maximum absolute atomic E-state index is 12.8. The van der Waals surface area contributed by atoms with Crippen LogP contribution in [0.1, 0.15) is 39.8 Å². The minimum atomic E-state index is -4.38. The topological polar surface area (TPSA) is 91.0 Å². The number of aromatic amines is 2. The molecule has 1 aliphatic heterocycles. The Morgan fingerprint density at radius 2 is 1.93 bits per heavy atom. The van der Waals surface area contributed by atoms with E-state index in [9.17, 15) is 27.6 Å². The lowest BCUT2D eigenvalue weighted by atomic mass is 10.1. The highest BCUT2D eigenvalue weighted by Crippen LogP contribution is 2.28. The van der Waals surface area contributed by atoms with Gasteiger partial charge in [0, 0.05) is 42.2 Å². The fourth-order valence-electron chi connectivity index (χ4n) is 3.52. The van der Waals surface area contributed by atoms with E-state index in [1.807, 2.05) is 0 Å². The van der Waals surface area contributed by atoms with Crippen molar-refractivity contribution in [2.45, 2.75) is 38.9 Å². The molecule has 1 unspecified atom stereocenters. The minimum absolute atomic E-state index is 0.206. The molecule has 1 saturated heterocycles. The lowest BCUT2D eigenvalue weighted by Gasteiger charge is -2.17. The van der Waals surface area contributed by atoms with Crippen molar-refractivity contribution in [1.29, 1.82) is 0 Å². The second-order valence-electron chi connectivity index (χ2n) is 6.77. The average molecular weight is 384 g/mol. The molecule has 27 heavy (non-hydrogen) atoms. The molecule has 2 aromatic rings. The molecule has 1 fully saturated rings. The van der Waals surface area contributed by atoms with Gasteiger partial charge in [-0.1, -0.05) is 0 Å². The SMILES string of the molecule is Cc1cc(C(=O)N2CCC(c3cc(=O)[nH]c(=O)[nH]3)C2)c(C)n1CC(F)(F)F. The summed E-state index contributed by atoms with van der Waals surface area (Å²) >= 11 is 0. The highest BCUT2D eigenvalue weighted by Gasteiger charge is 2.33. The van der Waals surface area contributed by atoms with E-state index in [4.69, 9.17) is 0 Å². The van der Waals surface area contributed by atoms with E-state index in [1.165, 1.54) is 30.9 Å². The number of hydrogen-bond acceptors (Lipinski definition) is 3. The van der Waals surface area contributed by atoms with Gasteiger partial charge in [-0.15, -0.1) is 0 Å². The van der Waals surface area contributed by atoms with Gasteiger partial charge in [-0.2, -0.15) is 13.2 Å². The number of carbonyl (C=O) groups is 1. The Balaban J connectivity index is 1.80. The van der Waals surface area contributed by atoms with Crippen LogP contribution in [0.2, 0.25) is 0 Å². The lowest BCUT2D eigenvalue weighted by molar-refractivity contribution is -0.141. The van der Waals surface area contributed by atoms with Gasteiger partial charge < -0.3 is 14.5 Å². The van der Waals surface area contributed by atoms with Crippen LogP contribution in [0.25, 0.3) is 0 Å². The number of halogens is 3. The molecule has 0 spiro atoms. The maximum atomic E-state index is 12.8. The number of amides is 1. The van der Waals surface area contributed by atoms with Crippen LogP contribution in [0.3, 0.4) is 0 Å². The Morgan fingerprint density at radius 1 is 1.22 bits per heavy atom. The number of aromatic nitrogens is 3. The zero-order chi connectivity index (χ0) is 19.9. The van der Waals surface area contributed by atoms with Gasteiger partial charge in [-0.3, -0.25) is 14.6 Å². The van der Waals surface area contributed by atoms with Gasteiger partial charge >= 0.3 is 11.9 Å². The van der Waals surface area contributed by atoms with Gasteiger partial charge in [0.1, 0.15) is 6.54 Å². The van der Waals surface area contributed by atoms with Crippen molar-refractivity contribution < 1.29 is 18.0 Å². The van der Waals surface area contributed by atoms with Gasteiger partial charge in [0.15, 0.2) is 0 Å². The molecule has 10 heteroatoms. The first kappa shape index (κ1) is 19.0. The molecule has 2 N–H and O–H groups in total. The molecule has 146 valence electrons. The van der Waals surface area contributed by atoms with Crippen LogP contribution in [0.15, 0.2) is 21.7 Å². The Morgan fingerprint density at radius 3 is 2.56 bits per heavy atom. The summed E-state index contributed by atoms with van der Waals surface area (Å²) in [5.74, 6) is -0.561. The van der Waals surface area contributed by atoms with Crippen LogP contribution in [0.4, 0.5) is 13.2 Å². The van der Waals surface area contributed by atoms with E-state index < -0.39 is 24.0 Å². The fourth-order valence-corrected chi connectivity index (χ4v) is 3.52. The maximum Gasteiger partial charge on any atom is 0.406 e.